The van der Waals surface area contributed by atoms with Gasteiger partial charge in [0.25, 0.3) is 11.8 Å². The standard InChI is InChI=1S/C18H18Cl2N4O2/c19-11-4-3-5-12(14(11)20)22-18(26)16-23-15(17(25)21-10-7-8-10)13-6-1-2-9-24(13)16/h3-5,10H,1-2,6-9H2,(H,21,25)(H,22,26). The first kappa shape index (κ1) is 17.4. The second kappa shape index (κ2) is 6.93. The average molecular weight is 393 g/mol. The molecule has 6 nitrogen and oxygen atoms in total. The minimum atomic E-state index is -0.400. The SMILES string of the molecule is O=C(NC1CC1)c1nc(C(=O)Nc2cccc(Cl)c2Cl)n2c1CCCC2. The van der Waals surface area contributed by atoms with Gasteiger partial charge in [0.2, 0.25) is 0 Å². The number of rotatable bonds is 4. The topological polar surface area (TPSA) is 76.0 Å². The van der Waals surface area contributed by atoms with Crippen molar-refractivity contribution in [1.82, 2.24) is 14.9 Å². The van der Waals surface area contributed by atoms with Crippen molar-refractivity contribution in [2.45, 2.75) is 44.7 Å². The number of hydrogen-bond donors (Lipinski definition) is 2. The lowest BCUT2D eigenvalue weighted by Gasteiger charge is -2.17. The molecule has 0 spiro atoms. The molecule has 0 unspecified atom stereocenters. The van der Waals surface area contributed by atoms with Gasteiger partial charge in [-0.2, -0.15) is 0 Å². The lowest BCUT2D eigenvalue weighted by molar-refractivity contribution is 0.0945. The first-order valence-electron chi connectivity index (χ1n) is 8.70. The fourth-order valence-electron chi connectivity index (χ4n) is 3.16. The molecule has 1 aliphatic heterocycles. The second-order valence-corrected chi connectivity index (χ2v) is 7.43. The molecule has 1 aromatic heterocycles. The molecular weight excluding hydrogens is 375 g/mol. The number of nitrogens with zero attached hydrogens (tertiary/aromatic N) is 2. The number of amides is 2. The predicted molar refractivity (Wildman–Crippen MR) is 100 cm³/mol. The van der Waals surface area contributed by atoms with Crippen molar-refractivity contribution in [3.05, 3.63) is 45.5 Å². The van der Waals surface area contributed by atoms with Crippen molar-refractivity contribution >= 4 is 40.7 Å². The zero-order valence-corrected chi connectivity index (χ0v) is 15.5. The number of hydrogen-bond acceptors (Lipinski definition) is 3. The van der Waals surface area contributed by atoms with Gasteiger partial charge in [-0.15, -0.1) is 0 Å². The highest BCUT2D eigenvalue weighted by molar-refractivity contribution is 6.44. The molecule has 2 N–H and O–H groups in total. The quantitative estimate of drug-likeness (QED) is 0.832. The third-order valence-corrected chi connectivity index (χ3v) is 5.47. The van der Waals surface area contributed by atoms with Crippen LogP contribution < -0.4 is 10.6 Å². The maximum atomic E-state index is 12.8. The number of benzene rings is 1. The first-order chi connectivity index (χ1) is 12.5. The third kappa shape index (κ3) is 3.31. The number of imidazole rings is 1. The Labute approximate surface area is 160 Å². The monoisotopic (exact) mass is 392 g/mol. The second-order valence-electron chi connectivity index (χ2n) is 6.64. The summed E-state index contributed by atoms with van der Waals surface area (Å²) < 4.78 is 1.85. The average Bonchev–Trinajstić information content (AvgIpc) is 3.35. The maximum Gasteiger partial charge on any atom is 0.291 e. The van der Waals surface area contributed by atoms with Crippen LogP contribution in [0.15, 0.2) is 18.2 Å². The molecule has 1 aromatic carbocycles. The van der Waals surface area contributed by atoms with Crippen LogP contribution in [0.5, 0.6) is 0 Å². The molecule has 0 atom stereocenters. The van der Waals surface area contributed by atoms with Gasteiger partial charge in [-0.25, -0.2) is 4.98 Å². The Hall–Kier alpha value is -2.05. The summed E-state index contributed by atoms with van der Waals surface area (Å²) in [5.41, 5.74) is 1.61. The minimum Gasteiger partial charge on any atom is -0.348 e. The summed E-state index contributed by atoms with van der Waals surface area (Å²) in [5, 5.41) is 6.34. The molecule has 2 heterocycles. The van der Waals surface area contributed by atoms with Gasteiger partial charge in [0.1, 0.15) is 5.69 Å². The number of fused-ring (bicyclic) bond motifs is 1. The van der Waals surface area contributed by atoms with Gasteiger partial charge in [0.15, 0.2) is 5.82 Å². The van der Waals surface area contributed by atoms with E-state index in [-0.39, 0.29) is 22.8 Å². The molecular formula is C18H18Cl2N4O2. The summed E-state index contributed by atoms with van der Waals surface area (Å²) in [6.07, 6.45) is 4.68. The van der Waals surface area contributed by atoms with Crippen molar-refractivity contribution in [2.75, 3.05) is 5.32 Å². The van der Waals surface area contributed by atoms with E-state index in [1.165, 1.54) is 0 Å². The van der Waals surface area contributed by atoms with Crippen LogP contribution in [0, 0.1) is 0 Å². The highest BCUT2D eigenvalue weighted by Crippen LogP contribution is 2.30. The number of anilines is 1. The molecule has 8 heteroatoms. The van der Waals surface area contributed by atoms with Gasteiger partial charge in [-0.1, -0.05) is 29.3 Å². The Bertz CT molecular complexity index is 890. The number of halogens is 2. The molecule has 2 aliphatic rings. The van der Waals surface area contributed by atoms with Gasteiger partial charge in [-0.05, 0) is 44.2 Å². The van der Waals surface area contributed by atoms with E-state index in [0.717, 1.165) is 37.8 Å². The molecule has 1 saturated carbocycles. The van der Waals surface area contributed by atoms with E-state index in [0.29, 0.717) is 22.9 Å². The summed E-state index contributed by atoms with van der Waals surface area (Å²) in [7, 11) is 0. The fourth-order valence-corrected chi connectivity index (χ4v) is 3.51. The summed E-state index contributed by atoms with van der Waals surface area (Å²) in [6, 6.07) is 5.27. The van der Waals surface area contributed by atoms with Crippen LogP contribution in [-0.2, 0) is 13.0 Å². The molecule has 2 amide bonds. The molecule has 0 bridgehead atoms. The van der Waals surface area contributed by atoms with E-state index in [1.54, 1.807) is 18.2 Å². The number of carbonyl (C=O) groups is 2. The van der Waals surface area contributed by atoms with Crippen LogP contribution in [0.1, 0.15) is 52.5 Å². The smallest absolute Gasteiger partial charge is 0.291 e. The Morgan fingerprint density at radius 2 is 1.96 bits per heavy atom. The zero-order chi connectivity index (χ0) is 18.3. The van der Waals surface area contributed by atoms with Crippen molar-refractivity contribution < 1.29 is 9.59 Å². The van der Waals surface area contributed by atoms with Gasteiger partial charge in [0, 0.05) is 12.6 Å². The lowest BCUT2D eigenvalue weighted by atomic mass is 10.1. The summed E-state index contributed by atoms with van der Waals surface area (Å²) in [5.74, 6) is -0.363. The maximum absolute atomic E-state index is 12.8. The highest BCUT2D eigenvalue weighted by Gasteiger charge is 2.31. The third-order valence-electron chi connectivity index (χ3n) is 4.65. The van der Waals surface area contributed by atoms with Crippen molar-refractivity contribution in [2.24, 2.45) is 0 Å². The van der Waals surface area contributed by atoms with Gasteiger partial charge < -0.3 is 15.2 Å². The van der Waals surface area contributed by atoms with E-state index in [4.69, 9.17) is 23.2 Å². The van der Waals surface area contributed by atoms with Crippen molar-refractivity contribution in [3.63, 3.8) is 0 Å². The Kier molecular flexibility index (Phi) is 4.63. The molecule has 4 rings (SSSR count). The first-order valence-corrected chi connectivity index (χ1v) is 9.46. The van der Waals surface area contributed by atoms with Gasteiger partial charge >= 0.3 is 0 Å². The number of nitrogens with one attached hydrogen (secondary N) is 2. The van der Waals surface area contributed by atoms with Gasteiger partial charge in [0.05, 0.1) is 21.4 Å². The summed E-state index contributed by atoms with van der Waals surface area (Å²) >= 11 is 12.2. The fraction of sp³-hybridized carbons (Fsp3) is 0.389. The molecule has 136 valence electrons. The molecule has 0 saturated heterocycles. The normalized spacial score (nSPS) is 16.1. The van der Waals surface area contributed by atoms with E-state index >= 15 is 0 Å². The van der Waals surface area contributed by atoms with Crippen LogP contribution in [0.4, 0.5) is 5.69 Å². The Morgan fingerprint density at radius 1 is 1.15 bits per heavy atom. The zero-order valence-electron chi connectivity index (χ0n) is 14.0. The van der Waals surface area contributed by atoms with Crippen molar-refractivity contribution in [3.8, 4) is 0 Å². The van der Waals surface area contributed by atoms with Crippen LogP contribution in [-0.4, -0.2) is 27.4 Å². The largest absolute Gasteiger partial charge is 0.348 e. The number of carbonyl (C=O) groups excluding carboxylic acids is 2. The van der Waals surface area contributed by atoms with Crippen LogP contribution >= 0.6 is 23.2 Å². The Morgan fingerprint density at radius 3 is 2.73 bits per heavy atom. The Balaban J connectivity index is 1.64. The predicted octanol–water partition coefficient (Wildman–Crippen LogP) is 3.67. The minimum absolute atomic E-state index is 0.196. The van der Waals surface area contributed by atoms with Crippen molar-refractivity contribution in [1.29, 1.82) is 0 Å². The lowest BCUT2D eigenvalue weighted by Crippen LogP contribution is -2.27. The van der Waals surface area contributed by atoms with E-state index < -0.39 is 5.91 Å². The molecule has 1 fully saturated rings. The molecule has 2 aromatic rings. The number of aromatic nitrogens is 2. The molecule has 26 heavy (non-hydrogen) atoms. The molecule has 0 radical (unpaired) electrons. The molecule has 1 aliphatic carbocycles. The summed E-state index contributed by atoms with van der Waals surface area (Å²) in [6.45, 7) is 0.672. The summed E-state index contributed by atoms with van der Waals surface area (Å²) in [4.78, 5) is 29.7. The van der Waals surface area contributed by atoms with E-state index in [2.05, 4.69) is 15.6 Å². The van der Waals surface area contributed by atoms with Gasteiger partial charge in [-0.3, -0.25) is 9.59 Å². The van der Waals surface area contributed by atoms with E-state index in [9.17, 15) is 9.59 Å². The van der Waals surface area contributed by atoms with Crippen LogP contribution in [0.25, 0.3) is 0 Å². The van der Waals surface area contributed by atoms with Crippen LogP contribution in [0.3, 0.4) is 0 Å². The highest BCUT2D eigenvalue weighted by atomic mass is 35.5. The van der Waals surface area contributed by atoms with E-state index in [1.807, 2.05) is 4.57 Å². The van der Waals surface area contributed by atoms with Crippen LogP contribution in [0.2, 0.25) is 10.0 Å².